The predicted octanol–water partition coefficient (Wildman–Crippen LogP) is 2.24. The molecule has 1 aromatic carbocycles. The Bertz CT molecular complexity index is 506. The van der Waals surface area contributed by atoms with E-state index in [9.17, 15) is 14.7 Å². The van der Waals surface area contributed by atoms with Crippen LogP contribution < -0.4 is 4.74 Å². The van der Waals surface area contributed by atoms with E-state index >= 15 is 0 Å². The fraction of sp³-hybridized carbons (Fsp3) is 0.231. The van der Waals surface area contributed by atoms with Crippen LogP contribution in [0.1, 0.15) is 29.6 Å². The number of rotatable bonds is 6. The van der Waals surface area contributed by atoms with Crippen molar-refractivity contribution in [2.75, 3.05) is 0 Å². The van der Waals surface area contributed by atoms with Gasteiger partial charge in [-0.2, -0.15) is 0 Å². The Morgan fingerprint density at radius 3 is 2.47 bits per heavy atom. The molecule has 0 aliphatic rings. The third-order valence-electron chi connectivity index (χ3n) is 2.28. The number of esters is 1. The second kappa shape index (κ2) is 6.44. The largest absolute Gasteiger partial charge is 0.513 e. The van der Waals surface area contributed by atoms with Crippen molar-refractivity contribution < 1.29 is 29.6 Å². The smallest absolute Gasteiger partial charge is 0.339 e. The van der Waals surface area contributed by atoms with Gasteiger partial charge < -0.3 is 20.1 Å². The molecule has 0 aromatic heterocycles. The molecule has 0 saturated carbocycles. The third kappa shape index (κ3) is 4.71. The maximum atomic E-state index is 11.4. The van der Waals surface area contributed by atoms with Crippen LogP contribution in [0.4, 0.5) is 0 Å². The predicted molar refractivity (Wildman–Crippen MR) is 66.3 cm³/mol. The number of aromatic carboxylic acids is 1. The zero-order valence-corrected chi connectivity index (χ0v) is 10.1. The maximum Gasteiger partial charge on any atom is 0.339 e. The van der Waals surface area contributed by atoms with Crippen LogP contribution >= 0.6 is 0 Å². The first-order valence-corrected chi connectivity index (χ1v) is 5.54. The van der Waals surface area contributed by atoms with Crippen molar-refractivity contribution >= 4 is 11.9 Å². The van der Waals surface area contributed by atoms with E-state index in [1.165, 1.54) is 6.07 Å². The summed E-state index contributed by atoms with van der Waals surface area (Å²) in [7, 11) is 0. The summed E-state index contributed by atoms with van der Waals surface area (Å²) in [4.78, 5) is 22.2. The van der Waals surface area contributed by atoms with Gasteiger partial charge in [-0.25, -0.2) is 4.79 Å². The molecule has 0 heterocycles. The topological polar surface area (TPSA) is 104 Å². The summed E-state index contributed by atoms with van der Waals surface area (Å²) in [6.45, 7) is 3.29. The molecule has 0 aliphatic heterocycles. The number of carbonyl (C=O) groups excluding carboxylic acids is 1. The minimum atomic E-state index is -1.31. The molecule has 3 N–H and O–H groups in total. The van der Waals surface area contributed by atoms with Crippen LogP contribution in [0, 0.1) is 0 Å². The lowest BCUT2D eigenvalue weighted by Crippen LogP contribution is -2.08. The van der Waals surface area contributed by atoms with Gasteiger partial charge in [-0.05, 0) is 24.6 Å². The van der Waals surface area contributed by atoms with E-state index in [1.807, 2.05) is 0 Å². The Hall–Kier alpha value is -2.50. The summed E-state index contributed by atoms with van der Waals surface area (Å²) in [6.07, 6.45) is 0.756. The number of aliphatic hydroxyl groups excluding tert-OH is 1. The lowest BCUT2D eigenvalue weighted by atomic mass is 10.2. The SMILES string of the molecule is C=C(O)CCCC(=O)Oc1ccc(O)c(C(=O)O)c1. The number of hydrogen-bond donors (Lipinski definition) is 3. The number of aliphatic hydroxyl groups is 1. The van der Waals surface area contributed by atoms with E-state index in [4.69, 9.17) is 14.9 Å². The van der Waals surface area contributed by atoms with Crippen LogP contribution in [-0.4, -0.2) is 27.3 Å². The maximum absolute atomic E-state index is 11.4. The van der Waals surface area contributed by atoms with Gasteiger partial charge in [0.1, 0.15) is 17.1 Å². The van der Waals surface area contributed by atoms with Gasteiger partial charge in [0, 0.05) is 12.8 Å². The highest BCUT2D eigenvalue weighted by molar-refractivity contribution is 5.91. The highest BCUT2D eigenvalue weighted by Crippen LogP contribution is 2.23. The lowest BCUT2D eigenvalue weighted by Gasteiger charge is -2.06. The Labute approximate surface area is 109 Å². The average Bonchev–Trinajstić information content (AvgIpc) is 2.30. The normalized spacial score (nSPS) is 9.89. The molecular formula is C13H14O6. The summed E-state index contributed by atoms with van der Waals surface area (Å²) < 4.78 is 4.92. The Morgan fingerprint density at radius 1 is 1.21 bits per heavy atom. The molecule has 6 heteroatoms. The van der Waals surface area contributed by atoms with E-state index < -0.39 is 17.7 Å². The lowest BCUT2D eigenvalue weighted by molar-refractivity contribution is -0.134. The molecular weight excluding hydrogens is 252 g/mol. The molecule has 0 amide bonds. The molecule has 0 atom stereocenters. The minimum absolute atomic E-state index is 0.00871. The van der Waals surface area contributed by atoms with Crippen molar-refractivity contribution in [2.24, 2.45) is 0 Å². The van der Waals surface area contributed by atoms with Gasteiger partial charge in [0.05, 0.1) is 5.76 Å². The summed E-state index contributed by atoms with van der Waals surface area (Å²) >= 11 is 0. The summed E-state index contributed by atoms with van der Waals surface area (Å²) in [5, 5.41) is 26.9. The molecule has 0 aliphatic carbocycles. The van der Waals surface area contributed by atoms with E-state index in [1.54, 1.807) is 0 Å². The molecule has 0 unspecified atom stereocenters. The van der Waals surface area contributed by atoms with Gasteiger partial charge in [0.25, 0.3) is 0 Å². The number of carbonyl (C=O) groups is 2. The molecule has 0 fully saturated rings. The first-order chi connectivity index (χ1) is 8.90. The number of ether oxygens (including phenoxy) is 1. The quantitative estimate of drug-likeness (QED) is 0.414. The minimum Gasteiger partial charge on any atom is -0.513 e. The molecule has 0 bridgehead atoms. The fourth-order valence-electron chi connectivity index (χ4n) is 1.37. The zero-order valence-electron chi connectivity index (χ0n) is 10.1. The second-order valence-corrected chi connectivity index (χ2v) is 3.88. The van der Waals surface area contributed by atoms with Crippen LogP contribution in [0.25, 0.3) is 0 Å². The Balaban J connectivity index is 2.62. The van der Waals surface area contributed by atoms with Gasteiger partial charge in [0.15, 0.2) is 0 Å². The van der Waals surface area contributed by atoms with Crippen molar-refractivity contribution in [1.82, 2.24) is 0 Å². The number of aromatic hydroxyl groups is 1. The number of carboxylic acids is 1. The molecule has 19 heavy (non-hydrogen) atoms. The monoisotopic (exact) mass is 266 g/mol. The van der Waals surface area contributed by atoms with Gasteiger partial charge in [-0.3, -0.25) is 4.79 Å². The summed E-state index contributed by atoms with van der Waals surface area (Å²) in [6, 6.07) is 3.51. The van der Waals surface area contributed by atoms with Crippen molar-refractivity contribution in [3.8, 4) is 11.5 Å². The number of phenols is 1. The first kappa shape index (κ1) is 14.6. The van der Waals surface area contributed by atoms with Crippen molar-refractivity contribution in [3.63, 3.8) is 0 Å². The van der Waals surface area contributed by atoms with Crippen LogP contribution in [0.3, 0.4) is 0 Å². The number of carboxylic acid groups (broad SMARTS) is 1. The van der Waals surface area contributed by atoms with Crippen LogP contribution in [0.15, 0.2) is 30.5 Å². The number of allylic oxidation sites excluding steroid dienone is 1. The fourth-order valence-corrected chi connectivity index (χ4v) is 1.37. The standard InChI is InChI=1S/C13H14O6/c1-8(14)3-2-4-12(16)19-9-5-6-11(15)10(7-9)13(17)18/h5-7,14-15H,1-4H2,(H,17,18). The molecule has 1 aromatic rings. The first-order valence-electron chi connectivity index (χ1n) is 5.54. The molecule has 102 valence electrons. The van der Waals surface area contributed by atoms with E-state index in [0.29, 0.717) is 12.8 Å². The Kier molecular flexibility index (Phi) is 4.93. The van der Waals surface area contributed by atoms with Gasteiger partial charge in [-0.1, -0.05) is 6.58 Å². The molecule has 6 nitrogen and oxygen atoms in total. The number of benzene rings is 1. The van der Waals surface area contributed by atoms with Crippen molar-refractivity contribution in [2.45, 2.75) is 19.3 Å². The van der Waals surface area contributed by atoms with Crippen molar-refractivity contribution in [1.29, 1.82) is 0 Å². The van der Waals surface area contributed by atoms with Gasteiger partial charge in [-0.15, -0.1) is 0 Å². The highest BCUT2D eigenvalue weighted by atomic mass is 16.5. The summed E-state index contributed by atoms with van der Waals surface area (Å²) in [5.74, 6) is -2.23. The van der Waals surface area contributed by atoms with Crippen LogP contribution in [0.5, 0.6) is 11.5 Å². The van der Waals surface area contributed by atoms with E-state index in [2.05, 4.69) is 6.58 Å². The average molecular weight is 266 g/mol. The molecule has 0 spiro atoms. The van der Waals surface area contributed by atoms with Gasteiger partial charge in [0.2, 0.25) is 0 Å². The van der Waals surface area contributed by atoms with Crippen LogP contribution in [-0.2, 0) is 4.79 Å². The molecule has 1 rings (SSSR count). The third-order valence-corrected chi connectivity index (χ3v) is 2.28. The highest BCUT2D eigenvalue weighted by Gasteiger charge is 2.12. The van der Waals surface area contributed by atoms with Crippen molar-refractivity contribution in [3.05, 3.63) is 36.1 Å². The van der Waals surface area contributed by atoms with E-state index in [-0.39, 0.29) is 23.5 Å². The van der Waals surface area contributed by atoms with E-state index in [0.717, 1.165) is 12.1 Å². The molecule has 0 saturated heterocycles. The Morgan fingerprint density at radius 2 is 1.89 bits per heavy atom. The van der Waals surface area contributed by atoms with Crippen LogP contribution in [0.2, 0.25) is 0 Å². The summed E-state index contributed by atoms with van der Waals surface area (Å²) in [5.41, 5.74) is -0.339. The van der Waals surface area contributed by atoms with Gasteiger partial charge >= 0.3 is 11.9 Å². The second-order valence-electron chi connectivity index (χ2n) is 3.88. The molecule has 0 radical (unpaired) electrons. The number of hydrogen-bond acceptors (Lipinski definition) is 5. The zero-order chi connectivity index (χ0) is 14.4.